The Morgan fingerprint density at radius 2 is 2.12 bits per heavy atom. The van der Waals surface area contributed by atoms with Gasteiger partial charge in [0.15, 0.2) is 5.96 Å². The zero-order chi connectivity index (χ0) is 21.9. The lowest BCUT2D eigenvalue weighted by molar-refractivity contribution is 0.0392. The van der Waals surface area contributed by atoms with E-state index < -0.39 is 0 Å². The molecule has 0 amide bonds. The molecule has 1 aliphatic heterocycles. The van der Waals surface area contributed by atoms with E-state index in [9.17, 15) is 0 Å². The molecule has 1 saturated heterocycles. The van der Waals surface area contributed by atoms with Crippen molar-refractivity contribution in [1.82, 2.24) is 20.5 Å². The molecule has 1 fully saturated rings. The molecule has 3 rings (SSSR count). The topological polar surface area (TPSA) is 71.0 Å². The van der Waals surface area contributed by atoms with Gasteiger partial charge in [-0.25, -0.2) is 9.98 Å². The third-order valence-electron chi connectivity index (χ3n) is 5.27. The van der Waals surface area contributed by atoms with Crippen LogP contribution in [0.2, 0.25) is 0 Å². The molecule has 7 nitrogen and oxygen atoms in total. The van der Waals surface area contributed by atoms with Crippen molar-refractivity contribution in [2.75, 3.05) is 40.0 Å². The molecule has 32 heavy (non-hydrogen) atoms. The highest BCUT2D eigenvalue weighted by molar-refractivity contribution is 14.0. The highest BCUT2D eigenvalue weighted by Crippen LogP contribution is 2.16. The normalized spacial score (nSPS) is 14.8. The average molecular weight is 574 g/mol. The standard InChI is InChI=1S/C23H35N5O2S.HI/c1-4-24-23(27-17-22-25-15-18(2)31-22)26-16-19-6-5-7-21(14-19)30-13-10-28(3)20-8-11-29-12-9-20;/h5-7,14-15,20H,4,8-13,16-17H2,1-3H3,(H2,24,26,27);1H. The molecular weight excluding hydrogens is 537 g/mol. The lowest BCUT2D eigenvalue weighted by atomic mass is 10.1. The first-order valence-electron chi connectivity index (χ1n) is 11.1. The summed E-state index contributed by atoms with van der Waals surface area (Å²) < 4.78 is 11.5. The van der Waals surface area contributed by atoms with E-state index in [1.807, 2.05) is 18.3 Å². The zero-order valence-electron chi connectivity index (χ0n) is 19.3. The number of hydrogen-bond donors (Lipinski definition) is 2. The van der Waals surface area contributed by atoms with Crippen LogP contribution in [0.25, 0.3) is 0 Å². The summed E-state index contributed by atoms with van der Waals surface area (Å²) in [6, 6.07) is 8.80. The van der Waals surface area contributed by atoms with Gasteiger partial charge in [-0.15, -0.1) is 35.3 Å². The van der Waals surface area contributed by atoms with Crippen molar-refractivity contribution in [2.45, 2.75) is 45.8 Å². The average Bonchev–Trinajstić information content (AvgIpc) is 3.21. The van der Waals surface area contributed by atoms with Crippen molar-refractivity contribution >= 4 is 41.3 Å². The Kier molecular flexibility index (Phi) is 12.3. The largest absolute Gasteiger partial charge is 0.492 e. The van der Waals surface area contributed by atoms with Crippen LogP contribution in [0.4, 0.5) is 0 Å². The summed E-state index contributed by atoms with van der Waals surface area (Å²) in [6.07, 6.45) is 4.11. The molecule has 2 N–H and O–H groups in total. The Labute approximate surface area is 213 Å². The Bertz CT molecular complexity index is 826. The van der Waals surface area contributed by atoms with Gasteiger partial charge in [0, 0.05) is 43.4 Å². The van der Waals surface area contributed by atoms with Crippen molar-refractivity contribution < 1.29 is 9.47 Å². The summed E-state index contributed by atoms with van der Waals surface area (Å²) >= 11 is 1.70. The lowest BCUT2D eigenvalue weighted by Crippen LogP contribution is -2.38. The number of guanidine groups is 1. The highest BCUT2D eigenvalue weighted by atomic mass is 127. The molecule has 9 heteroatoms. The van der Waals surface area contributed by atoms with Crippen molar-refractivity contribution in [2.24, 2.45) is 4.99 Å². The number of thiazole rings is 1. The van der Waals surface area contributed by atoms with Crippen LogP contribution in [0.5, 0.6) is 5.75 Å². The first kappa shape index (κ1) is 26.8. The number of rotatable bonds is 10. The fourth-order valence-electron chi connectivity index (χ4n) is 3.50. The number of aromatic nitrogens is 1. The molecule has 0 bridgehead atoms. The van der Waals surface area contributed by atoms with Crippen molar-refractivity contribution in [1.29, 1.82) is 0 Å². The van der Waals surface area contributed by atoms with E-state index in [1.165, 1.54) is 4.88 Å². The minimum Gasteiger partial charge on any atom is -0.492 e. The summed E-state index contributed by atoms with van der Waals surface area (Å²) in [5, 5.41) is 7.71. The number of halogens is 1. The first-order valence-corrected chi connectivity index (χ1v) is 11.9. The van der Waals surface area contributed by atoms with Crippen LogP contribution in [-0.4, -0.2) is 61.8 Å². The van der Waals surface area contributed by atoms with E-state index >= 15 is 0 Å². The van der Waals surface area contributed by atoms with Gasteiger partial charge in [0.1, 0.15) is 17.4 Å². The third kappa shape index (κ3) is 9.21. The van der Waals surface area contributed by atoms with Gasteiger partial charge in [0.05, 0.1) is 13.1 Å². The summed E-state index contributed by atoms with van der Waals surface area (Å²) in [4.78, 5) is 12.7. The van der Waals surface area contributed by atoms with Gasteiger partial charge in [-0.3, -0.25) is 4.90 Å². The summed E-state index contributed by atoms with van der Waals surface area (Å²) in [7, 11) is 2.17. The van der Waals surface area contributed by atoms with Crippen LogP contribution < -0.4 is 15.4 Å². The zero-order valence-corrected chi connectivity index (χ0v) is 22.4. The van der Waals surface area contributed by atoms with Crippen LogP contribution in [0.3, 0.4) is 0 Å². The fraction of sp³-hybridized carbons (Fsp3) is 0.565. The van der Waals surface area contributed by atoms with Gasteiger partial charge in [0.25, 0.3) is 0 Å². The fourth-order valence-corrected chi connectivity index (χ4v) is 4.23. The maximum absolute atomic E-state index is 6.01. The Hall–Kier alpha value is -1.43. The van der Waals surface area contributed by atoms with Crippen LogP contribution >= 0.6 is 35.3 Å². The molecule has 0 unspecified atom stereocenters. The van der Waals surface area contributed by atoms with Gasteiger partial charge < -0.3 is 20.1 Å². The van der Waals surface area contributed by atoms with Gasteiger partial charge in [0.2, 0.25) is 0 Å². The van der Waals surface area contributed by atoms with Gasteiger partial charge in [-0.2, -0.15) is 0 Å². The molecule has 0 atom stereocenters. The predicted molar refractivity (Wildman–Crippen MR) is 142 cm³/mol. The van der Waals surface area contributed by atoms with Gasteiger partial charge in [-0.1, -0.05) is 12.1 Å². The SMILES string of the molecule is CCNC(=NCc1cccc(OCCN(C)C2CCOCC2)c1)NCc1ncc(C)s1.I. The van der Waals surface area contributed by atoms with Crippen molar-refractivity contribution in [3.8, 4) is 5.75 Å². The minimum absolute atomic E-state index is 0. The molecule has 1 aliphatic rings. The molecular formula is C23H36IN5O2S. The highest BCUT2D eigenvalue weighted by Gasteiger charge is 2.17. The molecule has 1 aromatic carbocycles. The van der Waals surface area contributed by atoms with E-state index in [0.29, 0.717) is 25.7 Å². The summed E-state index contributed by atoms with van der Waals surface area (Å²) in [5.41, 5.74) is 1.12. The quantitative estimate of drug-likeness (QED) is 0.256. The summed E-state index contributed by atoms with van der Waals surface area (Å²) in [5.74, 6) is 1.68. The van der Waals surface area contributed by atoms with E-state index in [0.717, 1.165) is 61.4 Å². The number of hydrogen-bond acceptors (Lipinski definition) is 6. The molecule has 0 aliphatic carbocycles. The first-order chi connectivity index (χ1) is 15.1. The number of nitrogens with one attached hydrogen (secondary N) is 2. The maximum atomic E-state index is 6.01. The van der Waals surface area contributed by atoms with E-state index in [4.69, 9.17) is 14.5 Å². The van der Waals surface area contributed by atoms with Crippen LogP contribution in [0, 0.1) is 6.92 Å². The van der Waals surface area contributed by atoms with Gasteiger partial charge >= 0.3 is 0 Å². The molecule has 178 valence electrons. The molecule has 0 radical (unpaired) electrons. The smallest absolute Gasteiger partial charge is 0.191 e. The second kappa shape index (κ2) is 14.7. The Morgan fingerprint density at radius 3 is 2.84 bits per heavy atom. The second-order valence-electron chi connectivity index (χ2n) is 7.73. The Balaban J connectivity index is 0.00000363. The number of likely N-dealkylation sites (N-methyl/N-ethyl adjacent to an activating group) is 1. The maximum Gasteiger partial charge on any atom is 0.191 e. The number of ether oxygens (including phenoxy) is 2. The third-order valence-corrected chi connectivity index (χ3v) is 6.18. The molecule has 2 heterocycles. The van der Waals surface area contributed by atoms with Crippen molar-refractivity contribution in [3.63, 3.8) is 0 Å². The molecule has 0 spiro atoms. The molecule has 1 aromatic heterocycles. The van der Waals surface area contributed by atoms with E-state index in [2.05, 4.69) is 53.5 Å². The van der Waals surface area contributed by atoms with Crippen LogP contribution in [0.15, 0.2) is 35.5 Å². The number of nitrogens with zero attached hydrogens (tertiary/aromatic N) is 3. The van der Waals surface area contributed by atoms with E-state index in [1.54, 1.807) is 11.3 Å². The lowest BCUT2D eigenvalue weighted by Gasteiger charge is -2.31. The molecule has 0 saturated carbocycles. The predicted octanol–water partition coefficient (Wildman–Crippen LogP) is 3.81. The number of benzene rings is 1. The van der Waals surface area contributed by atoms with Gasteiger partial charge in [-0.05, 0) is 51.4 Å². The number of aryl methyl sites for hydroxylation is 1. The van der Waals surface area contributed by atoms with Crippen LogP contribution in [-0.2, 0) is 17.8 Å². The van der Waals surface area contributed by atoms with Crippen LogP contribution in [0.1, 0.15) is 35.2 Å². The molecule has 2 aromatic rings. The second-order valence-corrected chi connectivity index (χ2v) is 9.05. The van der Waals surface area contributed by atoms with Crippen molar-refractivity contribution in [3.05, 3.63) is 45.9 Å². The Morgan fingerprint density at radius 1 is 1.31 bits per heavy atom. The minimum atomic E-state index is 0. The number of aliphatic imine (C=N–C) groups is 1. The summed E-state index contributed by atoms with van der Waals surface area (Å²) in [6.45, 7) is 9.54. The monoisotopic (exact) mass is 573 g/mol. The van der Waals surface area contributed by atoms with E-state index in [-0.39, 0.29) is 24.0 Å².